The lowest BCUT2D eigenvalue weighted by Gasteiger charge is -2.19. The van der Waals surface area contributed by atoms with Crippen molar-refractivity contribution in [1.29, 1.82) is 5.26 Å². The number of nitrogens with one attached hydrogen (secondary N) is 2. The third kappa shape index (κ3) is 6.36. The van der Waals surface area contributed by atoms with Crippen LogP contribution in [0, 0.1) is 11.3 Å². The van der Waals surface area contributed by atoms with Crippen molar-refractivity contribution in [3.63, 3.8) is 0 Å². The Kier molecular flexibility index (Phi) is 7.67. The highest BCUT2D eigenvalue weighted by Crippen LogP contribution is 2.20. The molecular formula is C20H22N4O3. The van der Waals surface area contributed by atoms with Crippen LogP contribution in [0.25, 0.3) is 0 Å². The van der Waals surface area contributed by atoms with Crippen LogP contribution in [0.15, 0.2) is 54.6 Å². The Morgan fingerprint density at radius 3 is 2.63 bits per heavy atom. The molecule has 0 aromatic heterocycles. The number of anilines is 2. The Hall–Kier alpha value is -3.53. The average molecular weight is 366 g/mol. The van der Waals surface area contributed by atoms with Gasteiger partial charge >= 0.3 is 12.1 Å². The number of hydrogen-bond acceptors (Lipinski definition) is 4. The molecule has 0 radical (unpaired) electrons. The normalized spacial score (nSPS) is 9.78. The summed E-state index contributed by atoms with van der Waals surface area (Å²) in [5.41, 5.74) is 1.06. The second-order valence-electron chi connectivity index (χ2n) is 5.71. The molecule has 2 aromatic rings. The van der Waals surface area contributed by atoms with Gasteiger partial charge in [-0.25, -0.2) is 9.59 Å². The number of para-hydroxylation sites is 1. The first-order valence-electron chi connectivity index (χ1n) is 8.70. The van der Waals surface area contributed by atoms with Gasteiger partial charge in [0.05, 0.1) is 6.07 Å². The molecular weight excluding hydrogens is 344 g/mol. The number of urea groups is 1. The van der Waals surface area contributed by atoms with Crippen LogP contribution in [0.3, 0.4) is 0 Å². The lowest BCUT2D eigenvalue weighted by Crippen LogP contribution is -2.34. The largest absolute Gasteiger partial charge is 0.420 e. The summed E-state index contributed by atoms with van der Waals surface area (Å²) in [4.78, 5) is 25.5. The number of amides is 3. The summed E-state index contributed by atoms with van der Waals surface area (Å²) in [5, 5.41) is 14.4. The van der Waals surface area contributed by atoms with Gasteiger partial charge in [0, 0.05) is 24.0 Å². The Bertz CT molecular complexity index is 802. The van der Waals surface area contributed by atoms with Gasteiger partial charge in [0.15, 0.2) is 0 Å². The quantitative estimate of drug-likeness (QED) is 0.569. The smallest absolute Gasteiger partial charge is 0.410 e. The van der Waals surface area contributed by atoms with Crippen LogP contribution >= 0.6 is 0 Å². The van der Waals surface area contributed by atoms with Crippen LogP contribution in [-0.2, 0) is 0 Å². The molecule has 7 nitrogen and oxygen atoms in total. The number of ether oxygens (including phenoxy) is 1. The van der Waals surface area contributed by atoms with Crippen molar-refractivity contribution >= 4 is 23.5 Å². The van der Waals surface area contributed by atoms with E-state index in [9.17, 15) is 9.59 Å². The van der Waals surface area contributed by atoms with Crippen molar-refractivity contribution in [2.75, 3.05) is 23.3 Å². The number of benzene rings is 2. The van der Waals surface area contributed by atoms with Crippen molar-refractivity contribution < 1.29 is 14.3 Å². The first-order chi connectivity index (χ1) is 13.1. The number of carbonyl (C=O) groups excluding carboxylic acids is 2. The second kappa shape index (κ2) is 10.5. The zero-order valence-electron chi connectivity index (χ0n) is 15.1. The monoisotopic (exact) mass is 366 g/mol. The van der Waals surface area contributed by atoms with E-state index in [1.807, 2.05) is 19.1 Å². The number of carbonyl (C=O) groups is 2. The van der Waals surface area contributed by atoms with E-state index in [-0.39, 0.29) is 18.3 Å². The Labute approximate surface area is 158 Å². The first-order valence-corrected chi connectivity index (χ1v) is 8.70. The van der Waals surface area contributed by atoms with E-state index in [0.717, 1.165) is 12.8 Å². The summed E-state index contributed by atoms with van der Waals surface area (Å²) in [7, 11) is 0. The topological polar surface area (TPSA) is 94.5 Å². The highest BCUT2D eigenvalue weighted by molar-refractivity contribution is 5.91. The van der Waals surface area contributed by atoms with Crippen molar-refractivity contribution in [2.24, 2.45) is 0 Å². The van der Waals surface area contributed by atoms with Gasteiger partial charge in [-0.3, -0.25) is 4.90 Å². The second-order valence-corrected chi connectivity index (χ2v) is 5.71. The third-order valence-electron chi connectivity index (χ3n) is 3.63. The maximum Gasteiger partial charge on any atom is 0.420 e. The number of nitrogens with zero attached hydrogens (tertiary/aromatic N) is 2. The number of hydrogen-bond donors (Lipinski definition) is 2. The van der Waals surface area contributed by atoms with Crippen molar-refractivity contribution in [3.05, 3.63) is 54.6 Å². The summed E-state index contributed by atoms with van der Waals surface area (Å²) in [6.45, 7) is 2.50. The van der Waals surface area contributed by atoms with Crippen molar-refractivity contribution in [2.45, 2.75) is 19.8 Å². The molecule has 0 unspecified atom stereocenters. The van der Waals surface area contributed by atoms with Crippen LogP contribution in [0.1, 0.15) is 19.8 Å². The van der Waals surface area contributed by atoms with Gasteiger partial charge in [-0.2, -0.15) is 5.26 Å². The molecule has 3 amide bonds. The van der Waals surface area contributed by atoms with E-state index in [1.54, 1.807) is 48.5 Å². The third-order valence-corrected chi connectivity index (χ3v) is 3.63. The van der Waals surface area contributed by atoms with Crippen molar-refractivity contribution in [1.82, 2.24) is 5.32 Å². The van der Waals surface area contributed by atoms with Gasteiger partial charge in [0.1, 0.15) is 12.3 Å². The molecule has 0 spiro atoms. The summed E-state index contributed by atoms with van der Waals surface area (Å²) < 4.78 is 5.37. The maximum absolute atomic E-state index is 12.5. The van der Waals surface area contributed by atoms with Crippen molar-refractivity contribution in [3.8, 4) is 11.8 Å². The maximum atomic E-state index is 12.5. The molecule has 0 aliphatic rings. The average Bonchev–Trinajstić information content (AvgIpc) is 2.67. The molecule has 140 valence electrons. The predicted molar refractivity (Wildman–Crippen MR) is 104 cm³/mol. The fourth-order valence-corrected chi connectivity index (χ4v) is 2.29. The molecule has 27 heavy (non-hydrogen) atoms. The number of unbranched alkanes of at least 4 members (excludes halogenated alkanes) is 1. The highest BCUT2D eigenvalue weighted by atomic mass is 16.6. The Morgan fingerprint density at radius 1 is 1.15 bits per heavy atom. The summed E-state index contributed by atoms with van der Waals surface area (Å²) >= 11 is 0. The van der Waals surface area contributed by atoms with Crippen LogP contribution in [0.2, 0.25) is 0 Å². The lowest BCUT2D eigenvalue weighted by atomic mass is 10.3. The van der Waals surface area contributed by atoms with Gasteiger partial charge in [0.2, 0.25) is 0 Å². The SMILES string of the molecule is CCCCNC(=O)Nc1cccc(OC(=O)N(CC#N)c2ccccc2)c1. The predicted octanol–water partition coefficient (Wildman–Crippen LogP) is 4.14. The molecule has 0 bridgehead atoms. The molecule has 0 aliphatic carbocycles. The van der Waals surface area contributed by atoms with Gasteiger partial charge in [-0.05, 0) is 30.7 Å². The van der Waals surface area contributed by atoms with Gasteiger partial charge in [-0.15, -0.1) is 0 Å². The Balaban J connectivity index is 2.02. The summed E-state index contributed by atoms with van der Waals surface area (Å²) in [6.07, 6.45) is 1.22. The molecule has 0 saturated heterocycles. The highest BCUT2D eigenvalue weighted by Gasteiger charge is 2.17. The lowest BCUT2D eigenvalue weighted by molar-refractivity contribution is 0.208. The summed E-state index contributed by atoms with van der Waals surface area (Å²) in [5.74, 6) is 0.269. The van der Waals surface area contributed by atoms with E-state index in [0.29, 0.717) is 17.9 Å². The molecule has 0 fully saturated rings. The van der Waals surface area contributed by atoms with Crippen LogP contribution < -0.4 is 20.3 Å². The summed E-state index contributed by atoms with van der Waals surface area (Å²) in [6, 6.07) is 17.0. The molecule has 0 heterocycles. The fourth-order valence-electron chi connectivity index (χ4n) is 2.29. The van der Waals surface area contributed by atoms with E-state index in [2.05, 4.69) is 10.6 Å². The van der Waals surface area contributed by atoms with Gasteiger partial charge < -0.3 is 15.4 Å². The molecule has 0 saturated carbocycles. The first kappa shape index (κ1) is 19.8. The van der Waals surface area contributed by atoms with Crippen LogP contribution in [0.5, 0.6) is 5.75 Å². The minimum atomic E-state index is -0.674. The minimum Gasteiger partial charge on any atom is -0.410 e. The van der Waals surface area contributed by atoms with E-state index in [4.69, 9.17) is 10.00 Å². The minimum absolute atomic E-state index is 0.138. The molecule has 2 aromatic carbocycles. The molecule has 0 atom stereocenters. The van der Waals surface area contributed by atoms with Gasteiger partial charge in [0.25, 0.3) is 0 Å². The molecule has 2 N–H and O–H groups in total. The zero-order chi connectivity index (χ0) is 19.5. The Morgan fingerprint density at radius 2 is 1.93 bits per heavy atom. The molecule has 7 heteroatoms. The number of nitriles is 1. The van der Waals surface area contributed by atoms with Gasteiger partial charge in [-0.1, -0.05) is 37.6 Å². The van der Waals surface area contributed by atoms with E-state index >= 15 is 0 Å². The van der Waals surface area contributed by atoms with E-state index in [1.165, 1.54) is 4.90 Å². The van der Waals surface area contributed by atoms with Crippen LogP contribution in [0.4, 0.5) is 21.0 Å². The fraction of sp³-hybridized carbons (Fsp3) is 0.250. The molecule has 0 aliphatic heterocycles. The van der Waals surface area contributed by atoms with Crippen LogP contribution in [-0.4, -0.2) is 25.2 Å². The molecule has 2 rings (SSSR count). The zero-order valence-corrected chi connectivity index (χ0v) is 15.1. The number of rotatable bonds is 7. The standard InChI is InChI=1S/C20H22N4O3/c1-2-3-13-22-19(25)23-16-8-7-11-18(15-16)27-20(26)24(14-12-21)17-9-5-4-6-10-17/h4-11,15H,2-3,13-14H2,1H3,(H2,22,23,25). The van der Waals surface area contributed by atoms with E-state index < -0.39 is 6.09 Å².